The molecule has 3 rings (SSSR count). The van der Waals surface area contributed by atoms with Crippen LogP contribution in [0.25, 0.3) is 22.0 Å². The van der Waals surface area contributed by atoms with E-state index in [-0.39, 0.29) is 5.97 Å². The summed E-state index contributed by atoms with van der Waals surface area (Å²) in [5, 5.41) is 5.16. The summed E-state index contributed by atoms with van der Waals surface area (Å²) in [6.07, 6.45) is 1.67. The lowest BCUT2D eigenvalue weighted by atomic mass is 9.72. The van der Waals surface area contributed by atoms with Gasteiger partial charge in [-0.25, -0.2) is 4.79 Å². The van der Waals surface area contributed by atoms with Crippen molar-refractivity contribution in [1.29, 1.82) is 0 Å². The Morgan fingerprint density at radius 1 is 0.974 bits per heavy atom. The number of hydrogen-bond donors (Lipinski definition) is 1. The molecular formula is C30H42N4O4. The summed E-state index contributed by atoms with van der Waals surface area (Å²) in [7, 11) is 3.91. The summed E-state index contributed by atoms with van der Waals surface area (Å²) in [5.74, 6) is -0.319. The van der Waals surface area contributed by atoms with Gasteiger partial charge in [-0.3, -0.25) is 4.79 Å². The molecule has 0 spiro atoms. The molecule has 1 aromatic heterocycles. The smallest absolute Gasteiger partial charge is 0.435 e. The van der Waals surface area contributed by atoms with Crippen molar-refractivity contribution in [2.75, 3.05) is 19.0 Å². The molecule has 0 saturated carbocycles. The van der Waals surface area contributed by atoms with Gasteiger partial charge < -0.3 is 20.1 Å². The normalized spacial score (nSPS) is 14.6. The van der Waals surface area contributed by atoms with Crippen molar-refractivity contribution in [1.82, 2.24) is 9.78 Å². The Balaban J connectivity index is 2.09. The first-order valence-electron chi connectivity index (χ1n) is 13.0. The summed E-state index contributed by atoms with van der Waals surface area (Å²) >= 11 is 0. The molecular weight excluding hydrogens is 480 g/mol. The Kier molecular flexibility index (Phi) is 7.99. The number of anilines is 1. The maximum absolute atomic E-state index is 13.4. The van der Waals surface area contributed by atoms with Crippen LogP contribution in [0.3, 0.4) is 0 Å². The van der Waals surface area contributed by atoms with E-state index in [2.05, 4.69) is 5.10 Å². The molecule has 0 aliphatic heterocycles. The molecule has 0 aliphatic carbocycles. The van der Waals surface area contributed by atoms with Crippen molar-refractivity contribution in [3.8, 4) is 11.1 Å². The highest BCUT2D eigenvalue weighted by Crippen LogP contribution is 2.39. The topological polar surface area (TPSA) is 99.7 Å². The van der Waals surface area contributed by atoms with Gasteiger partial charge in [0.1, 0.15) is 16.6 Å². The quantitative estimate of drug-likeness (QED) is 0.403. The van der Waals surface area contributed by atoms with E-state index in [1.54, 1.807) is 6.20 Å². The van der Waals surface area contributed by atoms with Crippen molar-refractivity contribution < 1.29 is 19.1 Å². The predicted molar refractivity (Wildman–Crippen MR) is 153 cm³/mol. The van der Waals surface area contributed by atoms with E-state index in [0.29, 0.717) is 11.9 Å². The number of nitrogens with zero attached hydrogens (tertiary/aromatic N) is 3. The Labute approximate surface area is 226 Å². The molecule has 2 aromatic carbocycles. The minimum absolute atomic E-state index is 0.319. The molecule has 38 heavy (non-hydrogen) atoms. The van der Waals surface area contributed by atoms with Gasteiger partial charge in [-0.1, -0.05) is 37.3 Å². The molecule has 0 aliphatic rings. The van der Waals surface area contributed by atoms with Gasteiger partial charge in [-0.15, -0.1) is 0 Å². The predicted octanol–water partition coefficient (Wildman–Crippen LogP) is 5.89. The minimum Gasteiger partial charge on any atom is -0.459 e. The zero-order chi connectivity index (χ0) is 28.6. The third-order valence-corrected chi connectivity index (χ3v) is 6.55. The van der Waals surface area contributed by atoms with Gasteiger partial charge in [0.15, 0.2) is 0 Å². The van der Waals surface area contributed by atoms with Crippen LogP contribution in [0.5, 0.6) is 0 Å². The van der Waals surface area contributed by atoms with Crippen LogP contribution < -0.4 is 10.6 Å². The van der Waals surface area contributed by atoms with Crippen molar-refractivity contribution in [2.45, 2.75) is 84.5 Å². The van der Waals surface area contributed by atoms with Gasteiger partial charge in [-0.05, 0) is 72.1 Å². The summed E-state index contributed by atoms with van der Waals surface area (Å²) in [5.41, 5.74) is 8.54. The van der Waals surface area contributed by atoms with Crippen molar-refractivity contribution in [2.24, 2.45) is 5.73 Å². The lowest BCUT2D eigenvalue weighted by molar-refractivity contribution is -0.163. The average Bonchev–Trinajstić information content (AvgIpc) is 3.21. The van der Waals surface area contributed by atoms with E-state index < -0.39 is 28.8 Å². The number of carbonyl (C=O) groups excluding carboxylic acids is 2. The molecule has 8 nitrogen and oxygen atoms in total. The van der Waals surface area contributed by atoms with E-state index in [1.165, 1.54) is 4.68 Å². The molecule has 8 heteroatoms. The lowest BCUT2D eigenvalue weighted by Gasteiger charge is -2.37. The number of nitrogens with two attached hydrogens (primary N) is 1. The van der Waals surface area contributed by atoms with Gasteiger partial charge in [0, 0.05) is 31.1 Å². The molecule has 0 radical (unpaired) electrons. The molecule has 2 N–H and O–H groups in total. The van der Waals surface area contributed by atoms with Gasteiger partial charge in [0.25, 0.3) is 0 Å². The molecule has 206 valence electrons. The number of fused-ring (bicyclic) bond motifs is 1. The third-order valence-electron chi connectivity index (χ3n) is 6.55. The lowest BCUT2D eigenvalue weighted by Crippen LogP contribution is -2.51. The summed E-state index contributed by atoms with van der Waals surface area (Å²) in [6, 6.07) is 11.3. The van der Waals surface area contributed by atoms with Crippen LogP contribution in [-0.2, 0) is 19.7 Å². The van der Waals surface area contributed by atoms with Crippen LogP contribution in [0.1, 0.15) is 67.4 Å². The minimum atomic E-state index is -0.964. The molecule has 1 heterocycles. The standard InChI is InChI=1S/C30H42N4O4/c1-11-30(19(2)31,26(35)37-28(3,4)5)21-14-12-20(13-15-21)22-16-17-24-23(25(22)33(9)10)18-32-34(24)27(36)38-29(6,7)8/h12-19H,11,31H2,1-10H3. The zero-order valence-corrected chi connectivity index (χ0v) is 24.4. The first-order chi connectivity index (χ1) is 17.5. The number of esters is 1. The second kappa shape index (κ2) is 10.4. The molecule has 0 amide bonds. The van der Waals surface area contributed by atoms with Crippen LogP contribution in [0.4, 0.5) is 10.5 Å². The zero-order valence-electron chi connectivity index (χ0n) is 24.4. The van der Waals surface area contributed by atoms with Crippen molar-refractivity contribution in [3.63, 3.8) is 0 Å². The van der Waals surface area contributed by atoms with Crippen LogP contribution in [0, 0.1) is 0 Å². The van der Waals surface area contributed by atoms with Gasteiger partial charge in [0.05, 0.1) is 17.4 Å². The van der Waals surface area contributed by atoms with E-state index >= 15 is 0 Å². The van der Waals surface area contributed by atoms with E-state index in [0.717, 1.165) is 27.8 Å². The average molecular weight is 523 g/mol. The fourth-order valence-electron chi connectivity index (χ4n) is 4.81. The number of rotatable bonds is 6. The molecule has 2 atom stereocenters. The van der Waals surface area contributed by atoms with E-state index in [4.69, 9.17) is 15.2 Å². The third kappa shape index (κ3) is 5.70. The van der Waals surface area contributed by atoms with Crippen LogP contribution >= 0.6 is 0 Å². The van der Waals surface area contributed by atoms with Crippen molar-refractivity contribution >= 4 is 28.7 Å². The van der Waals surface area contributed by atoms with E-state index in [1.807, 2.05) is 111 Å². The van der Waals surface area contributed by atoms with Crippen LogP contribution in [-0.4, -0.2) is 53.2 Å². The Hall–Kier alpha value is -3.39. The summed E-state index contributed by atoms with van der Waals surface area (Å²) in [6.45, 7) is 14.9. The van der Waals surface area contributed by atoms with Gasteiger partial charge >= 0.3 is 12.1 Å². The Bertz CT molecular complexity index is 1310. The van der Waals surface area contributed by atoms with Gasteiger partial charge in [-0.2, -0.15) is 9.78 Å². The number of aromatic nitrogens is 2. The first kappa shape index (κ1) is 29.2. The van der Waals surface area contributed by atoms with Gasteiger partial charge in [0.2, 0.25) is 0 Å². The molecule has 3 aromatic rings. The summed E-state index contributed by atoms with van der Waals surface area (Å²) in [4.78, 5) is 28.1. The highest BCUT2D eigenvalue weighted by Gasteiger charge is 2.45. The second-order valence-corrected chi connectivity index (χ2v) is 12.0. The second-order valence-electron chi connectivity index (χ2n) is 12.0. The fraction of sp³-hybridized carbons (Fsp3) is 0.500. The largest absolute Gasteiger partial charge is 0.459 e. The molecule has 0 saturated heterocycles. The number of hydrogen-bond acceptors (Lipinski definition) is 7. The van der Waals surface area contributed by atoms with Crippen LogP contribution in [0.2, 0.25) is 0 Å². The number of benzene rings is 2. The maximum Gasteiger partial charge on any atom is 0.435 e. The SMILES string of the molecule is CCC(C(=O)OC(C)(C)C)(c1ccc(-c2ccc3c(cnn3C(=O)OC(C)(C)C)c2N(C)C)cc1)C(C)N. The van der Waals surface area contributed by atoms with E-state index in [9.17, 15) is 9.59 Å². The summed E-state index contributed by atoms with van der Waals surface area (Å²) < 4.78 is 12.6. The van der Waals surface area contributed by atoms with Crippen molar-refractivity contribution in [3.05, 3.63) is 48.2 Å². The number of carbonyl (C=O) groups is 2. The first-order valence-corrected chi connectivity index (χ1v) is 13.0. The molecule has 0 fully saturated rings. The Morgan fingerprint density at radius 2 is 1.55 bits per heavy atom. The fourth-order valence-corrected chi connectivity index (χ4v) is 4.81. The highest BCUT2D eigenvalue weighted by molar-refractivity contribution is 6.02. The molecule has 2 unspecified atom stereocenters. The highest BCUT2D eigenvalue weighted by atomic mass is 16.6. The monoisotopic (exact) mass is 522 g/mol. The maximum atomic E-state index is 13.4. The van der Waals surface area contributed by atoms with Crippen LogP contribution in [0.15, 0.2) is 42.6 Å². The Morgan fingerprint density at radius 3 is 2.03 bits per heavy atom. The molecule has 0 bridgehead atoms. The number of ether oxygens (including phenoxy) is 2.